The molecule has 0 aromatic heterocycles. The minimum Gasteiger partial charge on any atom is -0.393 e. The van der Waals surface area contributed by atoms with Crippen LogP contribution in [-0.2, 0) is 0 Å². The first-order valence-corrected chi connectivity index (χ1v) is 10.8. The van der Waals surface area contributed by atoms with Crippen molar-refractivity contribution < 1.29 is 13.6 Å². The average Bonchev–Trinajstić information content (AvgIpc) is 2.78. The molecule has 0 spiro atoms. The number of anilines is 2. The number of benzene rings is 2. The van der Waals surface area contributed by atoms with Gasteiger partial charge >= 0.3 is 0 Å². The van der Waals surface area contributed by atoms with Gasteiger partial charge < -0.3 is 20.4 Å². The predicted molar refractivity (Wildman–Crippen MR) is 132 cm³/mol. The fourth-order valence-corrected chi connectivity index (χ4v) is 3.09. The quantitative estimate of drug-likeness (QED) is 0.419. The van der Waals surface area contributed by atoms with Crippen molar-refractivity contribution in [3.8, 4) is 0 Å². The molecule has 0 radical (unpaired) electrons. The molecule has 0 aliphatic heterocycles. The number of halogens is 2. The predicted octanol–water partition coefficient (Wildman–Crippen LogP) is 4.82. The number of amidine groups is 1. The SMILES string of the molecule is CN/C=C\N=C(C)N(C)CCN(C)c1cc(C(C)C)ccc1NC(=O)c1cc(F)ccc1F. The van der Waals surface area contributed by atoms with Crippen LogP contribution in [0.15, 0.2) is 53.8 Å². The zero-order valence-corrected chi connectivity index (χ0v) is 20.1. The summed E-state index contributed by atoms with van der Waals surface area (Å²) in [6, 6.07) is 8.57. The molecule has 1 amide bonds. The molecule has 0 heterocycles. The maximum Gasteiger partial charge on any atom is 0.258 e. The van der Waals surface area contributed by atoms with Crippen molar-refractivity contribution in [3.63, 3.8) is 0 Å². The van der Waals surface area contributed by atoms with E-state index in [0.717, 1.165) is 35.3 Å². The first-order valence-electron chi connectivity index (χ1n) is 10.8. The van der Waals surface area contributed by atoms with Gasteiger partial charge in [0.2, 0.25) is 0 Å². The molecule has 2 rings (SSSR count). The molecule has 2 N–H and O–H groups in total. The van der Waals surface area contributed by atoms with E-state index >= 15 is 0 Å². The van der Waals surface area contributed by atoms with Gasteiger partial charge in [0.25, 0.3) is 5.91 Å². The van der Waals surface area contributed by atoms with Gasteiger partial charge in [0.1, 0.15) is 17.5 Å². The first kappa shape index (κ1) is 25.8. The number of nitrogens with zero attached hydrogens (tertiary/aromatic N) is 3. The summed E-state index contributed by atoms with van der Waals surface area (Å²) in [6.45, 7) is 7.45. The van der Waals surface area contributed by atoms with Crippen LogP contribution >= 0.6 is 0 Å². The van der Waals surface area contributed by atoms with Crippen molar-refractivity contribution >= 4 is 23.1 Å². The second-order valence-electron chi connectivity index (χ2n) is 8.13. The molecule has 2 aromatic rings. The second-order valence-corrected chi connectivity index (χ2v) is 8.13. The molecule has 0 aliphatic carbocycles. The Morgan fingerprint density at radius 3 is 2.52 bits per heavy atom. The fraction of sp³-hybridized carbons (Fsp3) is 0.360. The molecule has 0 saturated heterocycles. The normalized spacial score (nSPS) is 11.7. The molecule has 178 valence electrons. The first-order chi connectivity index (χ1) is 15.6. The van der Waals surface area contributed by atoms with Crippen LogP contribution in [0, 0.1) is 11.6 Å². The standard InChI is InChI=1S/C25H33F2N5O/c1-17(2)19-7-10-23(30-25(33)21-16-20(26)8-9-22(21)27)24(15-19)32(6)14-13-31(5)18(3)29-12-11-28-4/h7-12,15-17,28H,13-14H2,1-6H3,(H,30,33)/b12-11-,29-18?. The van der Waals surface area contributed by atoms with E-state index in [0.29, 0.717) is 24.7 Å². The topological polar surface area (TPSA) is 60.0 Å². The summed E-state index contributed by atoms with van der Waals surface area (Å²) in [5.41, 5.74) is 2.10. The molecule has 0 saturated carbocycles. The van der Waals surface area contributed by atoms with Crippen LogP contribution < -0.4 is 15.5 Å². The number of hydrogen-bond donors (Lipinski definition) is 2. The van der Waals surface area contributed by atoms with Crippen molar-refractivity contribution in [3.05, 3.63) is 71.6 Å². The number of rotatable bonds is 9. The summed E-state index contributed by atoms with van der Waals surface area (Å²) in [5.74, 6) is -0.986. The monoisotopic (exact) mass is 457 g/mol. The van der Waals surface area contributed by atoms with E-state index < -0.39 is 17.5 Å². The van der Waals surface area contributed by atoms with Crippen molar-refractivity contribution in [1.29, 1.82) is 0 Å². The minimum absolute atomic E-state index is 0.290. The summed E-state index contributed by atoms with van der Waals surface area (Å²) in [6.07, 6.45) is 3.44. The van der Waals surface area contributed by atoms with Crippen LogP contribution in [-0.4, -0.2) is 50.9 Å². The lowest BCUT2D eigenvalue weighted by Crippen LogP contribution is -2.34. The van der Waals surface area contributed by atoms with Crippen LogP contribution in [0.4, 0.5) is 20.2 Å². The molecule has 6 nitrogen and oxygen atoms in total. The van der Waals surface area contributed by atoms with E-state index in [9.17, 15) is 13.6 Å². The number of aliphatic imine (C=N–C) groups is 1. The zero-order valence-electron chi connectivity index (χ0n) is 20.1. The van der Waals surface area contributed by atoms with Gasteiger partial charge in [0.05, 0.1) is 16.9 Å². The average molecular weight is 458 g/mol. The van der Waals surface area contributed by atoms with Crippen molar-refractivity contribution in [2.24, 2.45) is 4.99 Å². The van der Waals surface area contributed by atoms with Crippen LogP contribution in [0.1, 0.15) is 42.6 Å². The Labute approximate surface area is 195 Å². The Morgan fingerprint density at radius 2 is 1.85 bits per heavy atom. The van der Waals surface area contributed by atoms with Crippen molar-refractivity contribution in [1.82, 2.24) is 10.2 Å². The molecule has 0 fully saturated rings. The van der Waals surface area contributed by atoms with Crippen LogP contribution in [0.5, 0.6) is 0 Å². The van der Waals surface area contributed by atoms with Gasteiger partial charge in [-0.2, -0.15) is 0 Å². The lowest BCUT2D eigenvalue weighted by Gasteiger charge is -2.27. The van der Waals surface area contributed by atoms with Gasteiger partial charge in [0.15, 0.2) is 0 Å². The Hall–Kier alpha value is -3.42. The summed E-state index contributed by atoms with van der Waals surface area (Å²) < 4.78 is 27.6. The maximum absolute atomic E-state index is 14.1. The van der Waals surface area contributed by atoms with Gasteiger partial charge in [-0.25, -0.2) is 13.8 Å². The number of carbonyl (C=O) groups is 1. The van der Waals surface area contributed by atoms with Crippen molar-refractivity contribution in [2.75, 3.05) is 44.4 Å². The lowest BCUT2D eigenvalue weighted by molar-refractivity contribution is 0.102. The highest BCUT2D eigenvalue weighted by Crippen LogP contribution is 2.30. The number of likely N-dealkylation sites (N-methyl/N-ethyl adjacent to an activating group) is 2. The number of hydrogen-bond acceptors (Lipinski definition) is 4. The van der Waals surface area contributed by atoms with E-state index in [-0.39, 0.29) is 5.56 Å². The van der Waals surface area contributed by atoms with Gasteiger partial charge in [-0.05, 0) is 48.7 Å². The molecule has 0 unspecified atom stereocenters. The maximum atomic E-state index is 14.1. The Kier molecular flexibility index (Phi) is 9.39. The van der Waals surface area contributed by atoms with Crippen LogP contribution in [0.25, 0.3) is 0 Å². The summed E-state index contributed by atoms with van der Waals surface area (Å²) >= 11 is 0. The van der Waals surface area contributed by atoms with E-state index in [2.05, 4.69) is 29.5 Å². The highest BCUT2D eigenvalue weighted by molar-refractivity contribution is 6.06. The smallest absolute Gasteiger partial charge is 0.258 e. The number of carbonyl (C=O) groups excluding carboxylic acids is 1. The molecule has 8 heteroatoms. The molecule has 0 bridgehead atoms. The third-order valence-electron chi connectivity index (χ3n) is 5.35. The molecule has 0 atom stereocenters. The van der Waals surface area contributed by atoms with Crippen LogP contribution in [0.3, 0.4) is 0 Å². The lowest BCUT2D eigenvalue weighted by atomic mass is 10.0. The third-order valence-corrected chi connectivity index (χ3v) is 5.35. The summed E-state index contributed by atoms with van der Waals surface area (Å²) in [5, 5.41) is 5.64. The number of amides is 1. The van der Waals surface area contributed by atoms with E-state index in [4.69, 9.17) is 0 Å². The van der Waals surface area contributed by atoms with Crippen LogP contribution in [0.2, 0.25) is 0 Å². The van der Waals surface area contributed by atoms with Gasteiger partial charge in [-0.3, -0.25) is 4.79 Å². The summed E-state index contributed by atoms with van der Waals surface area (Å²) in [7, 11) is 5.70. The van der Waals surface area contributed by atoms with Gasteiger partial charge in [0, 0.05) is 46.6 Å². The Morgan fingerprint density at radius 1 is 1.12 bits per heavy atom. The highest BCUT2D eigenvalue weighted by atomic mass is 19.1. The molecule has 0 aliphatic rings. The molecular weight excluding hydrogens is 424 g/mol. The van der Waals surface area contributed by atoms with Gasteiger partial charge in [-0.15, -0.1) is 0 Å². The second kappa shape index (κ2) is 12.0. The zero-order chi connectivity index (χ0) is 24.5. The third kappa shape index (κ3) is 7.30. The van der Waals surface area contributed by atoms with E-state index in [1.807, 2.05) is 50.0 Å². The van der Waals surface area contributed by atoms with E-state index in [1.54, 1.807) is 18.5 Å². The minimum atomic E-state index is -0.772. The molecular formula is C25H33F2N5O. The highest BCUT2D eigenvalue weighted by Gasteiger charge is 2.17. The largest absolute Gasteiger partial charge is 0.393 e. The molecule has 2 aromatic carbocycles. The number of nitrogens with one attached hydrogen (secondary N) is 2. The van der Waals surface area contributed by atoms with E-state index in [1.165, 1.54) is 0 Å². The Balaban J connectivity index is 2.24. The fourth-order valence-electron chi connectivity index (χ4n) is 3.09. The summed E-state index contributed by atoms with van der Waals surface area (Å²) in [4.78, 5) is 21.1. The Bertz CT molecular complexity index is 1020. The van der Waals surface area contributed by atoms with Crippen molar-refractivity contribution in [2.45, 2.75) is 26.7 Å². The molecule has 33 heavy (non-hydrogen) atoms. The van der Waals surface area contributed by atoms with Gasteiger partial charge in [-0.1, -0.05) is 19.9 Å².